The second kappa shape index (κ2) is 7.17. The molecule has 6 nitrogen and oxygen atoms in total. The van der Waals surface area contributed by atoms with Gasteiger partial charge in [0.1, 0.15) is 5.57 Å². The van der Waals surface area contributed by atoms with Crippen LogP contribution in [-0.4, -0.2) is 22.4 Å². The van der Waals surface area contributed by atoms with Crippen LogP contribution >= 0.6 is 0 Å². The summed E-state index contributed by atoms with van der Waals surface area (Å²) in [6.45, 7) is 1.95. The highest BCUT2D eigenvalue weighted by Crippen LogP contribution is 2.60. The molecule has 1 aromatic heterocycles. The van der Waals surface area contributed by atoms with E-state index < -0.39 is 17.8 Å². The highest BCUT2D eigenvalue weighted by molar-refractivity contribution is 6.39. The summed E-state index contributed by atoms with van der Waals surface area (Å²) in [6.07, 6.45) is 9.52. The van der Waals surface area contributed by atoms with Crippen LogP contribution < -0.4 is 10.2 Å². The quantitative estimate of drug-likeness (QED) is 0.562. The van der Waals surface area contributed by atoms with Gasteiger partial charge in [0, 0.05) is 18.4 Å². The molecule has 170 valence electrons. The minimum absolute atomic E-state index is 0.0408. The standard InChI is InChI=1S/C27H29N3O3/c1-16-3-6-22(29(16)2)12-23-24(31)28-26(33)30(25(23)32)21-7-4-20(5-8-21)27-13-17-9-18(14-27)11-19(10-17)15-27/h3-8,12,17-19H,9-11,13-15H2,1-2H3,(H,28,31,33)/b23-12+. The van der Waals surface area contributed by atoms with Gasteiger partial charge in [-0.1, -0.05) is 12.1 Å². The van der Waals surface area contributed by atoms with Gasteiger partial charge in [-0.05, 0) is 105 Å². The summed E-state index contributed by atoms with van der Waals surface area (Å²) in [6, 6.07) is 11.0. The Kier molecular flexibility index (Phi) is 4.45. The van der Waals surface area contributed by atoms with Crippen LogP contribution in [0.4, 0.5) is 10.5 Å². The number of carbonyl (C=O) groups is 3. The molecule has 2 aromatic rings. The Bertz CT molecular complexity index is 1170. The predicted molar refractivity (Wildman–Crippen MR) is 125 cm³/mol. The van der Waals surface area contributed by atoms with E-state index in [0.29, 0.717) is 5.69 Å². The molecule has 5 aliphatic rings. The molecule has 4 aliphatic carbocycles. The Balaban J connectivity index is 1.30. The van der Waals surface area contributed by atoms with E-state index in [0.717, 1.165) is 34.0 Å². The van der Waals surface area contributed by atoms with Crippen molar-refractivity contribution >= 4 is 29.6 Å². The Morgan fingerprint density at radius 2 is 1.52 bits per heavy atom. The zero-order valence-electron chi connectivity index (χ0n) is 19.1. The van der Waals surface area contributed by atoms with Gasteiger partial charge in [0.2, 0.25) is 0 Å². The lowest BCUT2D eigenvalue weighted by atomic mass is 9.48. The zero-order chi connectivity index (χ0) is 22.9. The molecule has 0 spiro atoms. The Morgan fingerprint density at radius 3 is 2.06 bits per heavy atom. The maximum absolute atomic E-state index is 13.2. The van der Waals surface area contributed by atoms with Crippen LogP contribution in [0.3, 0.4) is 0 Å². The molecule has 4 bridgehead atoms. The van der Waals surface area contributed by atoms with Crippen LogP contribution in [0.1, 0.15) is 55.5 Å². The van der Waals surface area contributed by atoms with E-state index in [2.05, 4.69) is 17.4 Å². The van der Waals surface area contributed by atoms with Crippen molar-refractivity contribution in [2.75, 3.05) is 4.90 Å². The van der Waals surface area contributed by atoms with Crippen molar-refractivity contribution in [1.82, 2.24) is 9.88 Å². The monoisotopic (exact) mass is 443 g/mol. The molecule has 0 unspecified atom stereocenters. The van der Waals surface area contributed by atoms with E-state index in [1.54, 1.807) is 6.08 Å². The van der Waals surface area contributed by atoms with Gasteiger partial charge in [0.05, 0.1) is 5.69 Å². The minimum Gasteiger partial charge on any atom is -0.348 e. The van der Waals surface area contributed by atoms with Crippen molar-refractivity contribution < 1.29 is 14.4 Å². The summed E-state index contributed by atoms with van der Waals surface area (Å²) in [4.78, 5) is 39.4. The number of hydrogen-bond donors (Lipinski definition) is 1. The zero-order valence-corrected chi connectivity index (χ0v) is 19.1. The topological polar surface area (TPSA) is 71.4 Å². The molecule has 0 radical (unpaired) electrons. The highest BCUT2D eigenvalue weighted by atomic mass is 16.2. The fraction of sp³-hybridized carbons (Fsp3) is 0.444. The number of nitrogens with zero attached hydrogens (tertiary/aromatic N) is 2. The normalized spacial score (nSPS) is 32.1. The van der Waals surface area contributed by atoms with E-state index in [1.807, 2.05) is 42.8 Å². The van der Waals surface area contributed by atoms with E-state index in [4.69, 9.17) is 0 Å². The van der Waals surface area contributed by atoms with Gasteiger partial charge in [0.15, 0.2) is 0 Å². The van der Waals surface area contributed by atoms with Crippen molar-refractivity contribution in [2.24, 2.45) is 24.8 Å². The fourth-order valence-corrected chi connectivity index (χ4v) is 7.25. The van der Waals surface area contributed by atoms with E-state index >= 15 is 0 Å². The molecule has 0 atom stereocenters. The number of nitrogens with one attached hydrogen (secondary N) is 1. The van der Waals surface area contributed by atoms with Crippen LogP contribution in [0.5, 0.6) is 0 Å². The van der Waals surface area contributed by atoms with Crippen LogP contribution in [0.25, 0.3) is 6.08 Å². The Morgan fingerprint density at radius 1 is 0.909 bits per heavy atom. The van der Waals surface area contributed by atoms with Crippen LogP contribution in [0.2, 0.25) is 0 Å². The first-order valence-electron chi connectivity index (χ1n) is 12.0. The Labute approximate surface area is 193 Å². The molecular weight excluding hydrogens is 414 g/mol. The maximum Gasteiger partial charge on any atom is 0.335 e. The van der Waals surface area contributed by atoms with Gasteiger partial charge < -0.3 is 4.57 Å². The van der Waals surface area contributed by atoms with Crippen LogP contribution in [0.15, 0.2) is 42.0 Å². The van der Waals surface area contributed by atoms with Gasteiger partial charge in [-0.25, -0.2) is 9.69 Å². The first-order valence-corrected chi connectivity index (χ1v) is 12.0. The number of hydrogen-bond acceptors (Lipinski definition) is 3. The lowest BCUT2D eigenvalue weighted by Gasteiger charge is -2.57. The van der Waals surface area contributed by atoms with Crippen LogP contribution in [-0.2, 0) is 22.1 Å². The molecule has 1 saturated heterocycles. The van der Waals surface area contributed by atoms with Crippen molar-refractivity contribution in [3.05, 3.63) is 58.9 Å². The third-order valence-electron chi connectivity index (χ3n) is 8.58. The molecule has 2 heterocycles. The van der Waals surface area contributed by atoms with Gasteiger partial charge >= 0.3 is 6.03 Å². The van der Waals surface area contributed by atoms with E-state index in [9.17, 15) is 14.4 Å². The first kappa shape index (κ1) is 20.5. The maximum atomic E-state index is 13.2. The largest absolute Gasteiger partial charge is 0.348 e. The summed E-state index contributed by atoms with van der Waals surface area (Å²) < 4.78 is 1.90. The van der Waals surface area contributed by atoms with E-state index in [-0.39, 0.29) is 11.0 Å². The van der Waals surface area contributed by atoms with Gasteiger partial charge in [-0.3, -0.25) is 14.9 Å². The number of carbonyl (C=O) groups excluding carboxylic acids is 3. The highest BCUT2D eigenvalue weighted by Gasteiger charge is 2.51. The van der Waals surface area contributed by atoms with Gasteiger partial charge in [-0.15, -0.1) is 0 Å². The average Bonchev–Trinajstić information content (AvgIpc) is 3.08. The Hall–Kier alpha value is -3.15. The van der Waals surface area contributed by atoms with Crippen molar-refractivity contribution in [1.29, 1.82) is 0 Å². The summed E-state index contributed by atoms with van der Waals surface area (Å²) in [5, 5.41) is 2.33. The summed E-state index contributed by atoms with van der Waals surface area (Å²) in [7, 11) is 1.87. The number of anilines is 1. The number of aromatic nitrogens is 1. The first-order chi connectivity index (χ1) is 15.8. The molecule has 1 N–H and O–H groups in total. The molecule has 5 fully saturated rings. The smallest absolute Gasteiger partial charge is 0.335 e. The SMILES string of the molecule is Cc1ccc(/C=C2\C(=O)NC(=O)N(c3ccc(C45CC6CC(CC(C6)C4)C5)cc3)C2=O)n1C. The predicted octanol–water partition coefficient (Wildman–Crippen LogP) is 4.47. The summed E-state index contributed by atoms with van der Waals surface area (Å²) in [5.41, 5.74) is 3.79. The van der Waals surface area contributed by atoms with Crippen molar-refractivity contribution in [3.8, 4) is 0 Å². The molecule has 1 aromatic carbocycles. The number of benzene rings is 1. The number of urea groups is 1. The minimum atomic E-state index is -0.701. The average molecular weight is 444 g/mol. The third kappa shape index (κ3) is 3.18. The molecule has 1 aliphatic heterocycles. The third-order valence-corrected chi connectivity index (χ3v) is 8.58. The molecule has 7 rings (SSSR count). The molecule has 33 heavy (non-hydrogen) atoms. The second-order valence-electron chi connectivity index (χ2n) is 10.7. The fourth-order valence-electron chi connectivity index (χ4n) is 7.25. The summed E-state index contributed by atoms with van der Waals surface area (Å²) >= 11 is 0. The molecule has 4 amide bonds. The lowest BCUT2D eigenvalue weighted by molar-refractivity contribution is -0.122. The lowest BCUT2D eigenvalue weighted by Crippen LogP contribution is -2.54. The summed E-state index contributed by atoms with van der Waals surface area (Å²) in [5.74, 6) is 1.30. The number of rotatable bonds is 3. The van der Waals surface area contributed by atoms with Crippen molar-refractivity contribution in [3.63, 3.8) is 0 Å². The molecular formula is C27H29N3O3. The number of barbiturate groups is 1. The van der Waals surface area contributed by atoms with Gasteiger partial charge in [0.25, 0.3) is 11.8 Å². The number of imide groups is 2. The number of aryl methyl sites for hydroxylation is 1. The van der Waals surface area contributed by atoms with E-state index in [1.165, 1.54) is 44.1 Å². The number of amides is 4. The van der Waals surface area contributed by atoms with Gasteiger partial charge in [-0.2, -0.15) is 0 Å². The molecule has 4 saturated carbocycles. The van der Waals surface area contributed by atoms with Crippen molar-refractivity contribution in [2.45, 2.75) is 50.9 Å². The molecule has 6 heteroatoms. The second-order valence-corrected chi connectivity index (χ2v) is 10.7. The van der Waals surface area contributed by atoms with Crippen LogP contribution in [0, 0.1) is 24.7 Å².